The molecule has 0 fully saturated rings. The summed E-state index contributed by atoms with van der Waals surface area (Å²) in [5.74, 6) is 0.470. The second-order valence-electron chi connectivity index (χ2n) is 2.08. The van der Waals surface area contributed by atoms with Gasteiger partial charge in [-0.15, -0.1) is 11.6 Å². The molecule has 1 aromatic heterocycles. The molecule has 0 amide bonds. The van der Waals surface area contributed by atoms with E-state index in [1.807, 2.05) is 0 Å². The van der Waals surface area contributed by atoms with Crippen LogP contribution in [-0.4, -0.2) is 15.8 Å². The Kier molecular flexibility index (Phi) is 2.48. The predicted octanol–water partition coefficient (Wildman–Crippen LogP) is 1.70. The molecule has 1 N–H and O–H groups in total. The fourth-order valence-corrected chi connectivity index (χ4v) is 0.984. The monoisotopic (exact) mass is 174 g/mol. The normalized spacial score (nSPS) is 9.91. The average Bonchev–Trinajstić information content (AvgIpc) is 2.37. The number of hydrogen-bond donors (Lipinski definition) is 1. The summed E-state index contributed by atoms with van der Waals surface area (Å²) in [7, 11) is 0. The van der Waals surface area contributed by atoms with Crippen LogP contribution in [0.3, 0.4) is 0 Å². The number of H-pyrrole nitrogens is 1. The Labute approximate surface area is 68.3 Å². The number of alkyl halides is 1. The van der Waals surface area contributed by atoms with Gasteiger partial charge in [-0.3, -0.25) is 10.1 Å². The molecule has 0 atom stereocenters. The first-order chi connectivity index (χ1) is 5.24. The summed E-state index contributed by atoms with van der Waals surface area (Å²) < 4.78 is 0. The molecule has 4 nitrogen and oxygen atoms in total. The molecule has 0 spiro atoms. The second kappa shape index (κ2) is 3.39. The van der Waals surface area contributed by atoms with Gasteiger partial charge in [0.2, 0.25) is 0 Å². The molecule has 1 heterocycles. The van der Waals surface area contributed by atoms with Crippen molar-refractivity contribution < 1.29 is 4.92 Å². The summed E-state index contributed by atoms with van der Waals surface area (Å²) in [6, 6.07) is 1.49. The van der Waals surface area contributed by atoms with Crippen LogP contribution in [0.2, 0.25) is 0 Å². The Morgan fingerprint density at radius 1 is 1.73 bits per heavy atom. The molecule has 5 heteroatoms. The van der Waals surface area contributed by atoms with Gasteiger partial charge in [0.1, 0.15) is 0 Å². The summed E-state index contributed by atoms with van der Waals surface area (Å²) in [4.78, 5) is 12.5. The van der Waals surface area contributed by atoms with Gasteiger partial charge in [0.15, 0.2) is 0 Å². The molecule has 1 rings (SSSR count). The third-order valence-corrected chi connectivity index (χ3v) is 1.49. The zero-order chi connectivity index (χ0) is 8.27. The molecule has 60 valence electrons. The molecule has 0 saturated carbocycles. The summed E-state index contributed by atoms with van der Waals surface area (Å²) in [5, 5.41) is 10.2. The third kappa shape index (κ3) is 1.94. The number of aryl methyl sites for hydroxylation is 1. The minimum atomic E-state index is -0.436. The van der Waals surface area contributed by atoms with Crippen molar-refractivity contribution in [1.82, 2.24) is 4.98 Å². The van der Waals surface area contributed by atoms with E-state index >= 15 is 0 Å². The largest absolute Gasteiger partial charge is 0.359 e. The van der Waals surface area contributed by atoms with Crippen LogP contribution in [0.15, 0.2) is 12.3 Å². The van der Waals surface area contributed by atoms with Crippen LogP contribution in [0.4, 0.5) is 5.69 Å². The van der Waals surface area contributed by atoms with Crippen molar-refractivity contribution in [3.8, 4) is 0 Å². The molecule has 0 aliphatic carbocycles. The van der Waals surface area contributed by atoms with Gasteiger partial charge in [0, 0.05) is 24.1 Å². The molecule has 0 aliphatic rings. The number of aromatic nitrogens is 1. The summed E-state index contributed by atoms with van der Waals surface area (Å²) in [5.41, 5.74) is 0.886. The molecule has 0 radical (unpaired) electrons. The molecule has 0 bridgehead atoms. The maximum Gasteiger partial charge on any atom is 0.286 e. The van der Waals surface area contributed by atoms with Crippen LogP contribution in [-0.2, 0) is 6.42 Å². The van der Waals surface area contributed by atoms with E-state index in [2.05, 4.69) is 4.98 Å². The zero-order valence-corrected chi connectivity index (χ0v) is 6.47. The minimum absolute atomic E-state index is 0.0881. The number of hydrogen-bond acceptors (Lipinski definition) is 2. The smallest absolute Gasteiger partial charge is 0.286 e. The van der Waals surface area contributed by atoms with Crippen LogP contribution in [0.1, 0.15) is 5.69 Å². The quantitative estimate of drug-likeness (QED) is 0.431. The first-order valence-corrected chi connectivity index (χ1v) is 3.65. The van der Waals surface area contributed by atoms with Crippen LogP contribution >= 0.6 is 11.6 Å². The number of halogens is 1. The topological polar surface area (TPSA) is 58.9 Å². The highest BCUT2D eigenvalue weighted by atomic mass is 35.5. The van der Waals surface area contributed by atoms with Crippen LogP contribution < -0.4 is 0 Å². The Morgan fingerprint density at radius 3 is 2.91 bits per heavy atom. The number of nitro groups is 1. The van der Waals surface area contributed by atoms with E-state index in [9.17, 15) is 10.1 Å². The lowest BCUT2D eigenvalue weighted by atomic mass is 10.3. The molecule has 0 aliphatic heterocycles. The van der Waals surface area contributed by atoms with Gasteiger partial charge in [0.25, 0.3) is 5.69 Å². The molecule has 11 heavy (non-hydrogen) atoms. The summed E-state index contributed by atoms with van der Waals surface area (Å²) in [6.07, 6.45) is 2.00. The van der Waals surface area contributed by atoms with Gasteiger partial charge in [0.05, 0.1) is 11.1 Å². The standard InChI is InChI=1S/C6H7ClN2O2/c7-2-1-5-3-6(4-8-5)9(10)11/h3-4,8H,1-2H2. The second-order valence-corrected chi connectivity index (χ2v) is 2.46. The van der Waals surface area contributed by atoms with Crippen molar-refractivity contribution in [2.45, 2.75) is 6.42 Å². The molecular formula is C6H7ClN2O2. The number of nitrogens with zero attached hydrogens (tertiary/aromatic N) is 1. The van der Waals surface area contributed by atoms with Crippen molar-refractivity contribution in [2.75, 3.05) is 5.88 Å². The van der Waals surface area contributed by atoms with Crippen molar-refractivity contribution in [1.29, 1.82) is 0 Å². The fourth-order valence-electron chi connectivity index (χ4n) is 0.780. The molecular weight excluding hydrogens is 168 g/mol. The Bertz CT molecular complexity index is 259. The van der Waals surface area contributed by atoms with E-state index in [0.29, 0.717) is 12.3 Å². The van der Waals surface area contributed by atoms with Crippen molar-refractivity contribution >= 4 is 17.3 Å². The molecule has 0 aromatic carbocycles. The summed E-state index contributed by atoms with van der Waals surface area (Å²) >= 11 is 5.44. The van der Waals surface area contributed by atoms with Gasteiger partial charge in [-0.25, -0.2) is 0 Å². The average molecular weight is 175 g/mol. The van der Waals surface area contributed by atoms with E-state index in [0.717, 1.165) is 5.69 Å². The maximum absolute atomic E-state index is 10.2. The number of nitrogens with one attached hydrogen (secondary N) is 1. The SMILES string of the molecule is O=[N+]([O-])c1c[nH]c(CCCl)c1. The fraction of sp³-hybridized carbons (Fsp3) is 0.333. The van der Waals surface area contributed by atoms with Crippen LogP contribution in [0, 0.1) is 10.1 Å². The van der Waals surface area contributed by atoms with E-state index in [1.54, 1.807) is 0 Å². The zero-order valence-electron chi connectivity index (χ0n) is 5.71. The molecule has 0 unspecified atom stereocenters. The van der Waals surface area contributed by atoms with Crippen LogP contribution in [0.5, 0.6) is 0 Å². The Balaban J connectivity index is 2.73. The Morgan fingerprint density at radius 2 is 2.45 bits per heavy atom. The predicted molar refractivity (Wildman–Crippen MR) is 41.9 cm³/mol. The van der Waals surface area contributed by atoms with Gasteiger partial charge in [-0.2, -0.15) is 0 Å². The van der Waals surface area contributed by atoms with Crippen molar-refractivity contribution in [3.63, 3.8) is 0 Å². The number of rotatable bonds is 3. The summed E-state index contributed by atoms with van der Waals surface area (Å²) in [6.45, 7) is 0. The lowest BCUT2D eigenvalue weighted by Gasteiger charge is -1.86. The van der Waals surface area contributed by atoms with E-state index in [4.69, 9.17) is 11.6 Å². The van der Waals surface area contributed by atoms with E-state index in [1.165, 1.54) is 12.3 Å². The van der Waals surface area contributed by atoms with Gasteiger partial charge in [-0.05, 0) is 0 Å². The van der Waals surface area contributed by atoms with Gasteiger partial charge in [-0.1, -0.05) is 0 Å². The lowest BCUT2D eigenvalue weighted by Crippen LogP contribution is -1.84. The first kappa shape index (κ1) is 8.07. The highest BCUT2D eigenvalue weighted by Crippen LogP contribution is 2.12. The first-order valence-electron chi connectivity index (χ1n) is 3.11. The lowest BCUT2D eigenvalue weighted by molar-refractivity contribution is -0.384. The maximum atomic E-state index is 10.2. The molecule has 1 aromatic rings. The Hall–Kier alpha value is -1.03. The van der Waals surface area contributed by atoms with E-state index < -0.39 is 4.92 Å². The van der Waals surface area contributed by atoms with Crippen molar-refractivity contribution in [3.05, 3.63) is 28.1 Å². The molecule has 0 saturated heterocycles. The van der Waals surface area contributed by atoms with Crippen LogP contribution in [0.25, 0.3) is 0 Å². The van der Waals surface area contributed by atoms with Crippen molar-refractivity contribution in [2.24, 2.45) is 0 Å². The third-order valence-electron chi connectivity index (χ3n) is 1.30. The minimum Gasteiger partial charge on any atom is -0.359 e. The number of aromatic amines is 1. The highest BCUT2D eigenvalue weighted by Gasteiger charge is 2.07. The van der Waals surface area contributed by atoms with E-state index in [-0.39, 0.29) is 5.69 Å². The highest BCUT2D eigenvalue weighted by molar-refractivity contribution is 6.17. The van der Waals surface area contributed by atoms with Gasteiger partial charge < -0.3 is 4.98 Å². The van der Waals surface area contributed by atoms with Gasteiger partial charge >= 0.3 is 0 Å².